The van der Waals surface area contributed by atoms with Crippen molar-refractivity contribution in [2.45, 2.75) is 74.9 Å². The van der Waals surface area contributed by atoms with Crippen LogP contribution in [0.1, 0.15) is 78.6 Å². The molecule has 5 rings (SSSR count). The number of hydrogen-bond donors (Lipinski definition) is 2. The van der Waals surface area contributed by atoms with Gasteiger partial charge in [0.25, 0.3) is 5.91 Å². The Balaban J connectivity index is 1.27. The van der Waals surface area contributed by atoms with Gasteiger partial charge in [0.15, 0.2) is 11.6 Å². The molecule has 43 heavy (non-hydrogen) atoms. The van der Waals surface area contributed by atoms with E-state index in [0.29, 0.717) is 36.2 Å². The highest BCUT2D eigenvalue weighted by Gasteiger charge is 2.51. The van der Waals surface area contributed by atoms with Crippen molar-refractivity contribution in [2.24, 2.45) is 23.7 Å². The monoisotopic (exact) mass is 706 g/mol. The maximum Gasteiger partial charge on any atom is 0.308 e. The van der Waals surface area contributed by atoms with Gasteiger partial charge in [-0.25, -0.2) is 4.39 Å². The maximum absolute atomic E-state index is 15.0. The number of carbonyl (C=O) groups excluding carboxylic acids is 3. The zero-order valence-electron chi connectivity index (χ0n) is 24.9. The van der Waals surface area contributed by atoms with Crippen LogP contribution in [0.5, 0.6) is 11.5 Å². The minimum Gasteiger partial charge on any atom is -0.496 e. The van der Waals surface area contributed by atoms with Gasteiger partial charge in [-0.2, -0.15) is 0 Å². The summed E-state index contributed by atoms with van der Waals surface area (Å²) in [6.45, 7) is 4.24. The highest BCUT2D eigenvalue weighted by Crippen LogP contribution is 2.49. The maximum atomic E-state index is 15.0. The van der Waals surface area contributed by atoms with Crippen LogP contribution in [-0.2, 0) is 14.3 Å². The fourth-order valence-electron chi connectivity index (χ4n) is 6.99. The van der Waals surface area contributed by atoms with Crippen LogP contribution in [-0.4, -0.2) is 43.6 Å². The Hall–Kier alpha value is -2.89. The van der Waals surface area contributed by atoms with E-state index in [2.05, 4.69) is 40.1 Å². The van der Waals surface area contributed by atoms with Crippen molar-refractivity contribution in [1.29, 1.82) is 0 Å². The largest absolute Gasteiger partial charge is 0.496 e. The number of carbonyl (C=O) groups is 3. The Labute approximate surface area is 265 Å². The normalized spacial score (nSPS) is 26.8. The van der Waals surface area contributed by atoms with Gasteiger partial charge in [0.1, 0.15) is 5.75 Å². The van der Waals surface area contributed by atoms with Crippen molar-refractivity contribution < 1.29 is 33.0 Å². The van der Waals surface area contributed by atoms with Gasteiger partial charge < -0.3 is 24.8 Å². The molecule has 8 nitrogen and oxygen atoms in total. The predicted octanol–water partition coefficient (Wildman–Crippen LogP) is 6.61. The van der Waals surface area contributed by atoms with Gasteiger partial charge in [-0.05, 0) is 94.4 Å². The molecule has 2 bridgehead atoms. The standard InChI is InChI=1S/C33H40FIN2O6/c1-4-42-33(40)20-9-13-24(14-10-20)43-28-16-25(27(41-3)17-26(28)34)31(38)37-30-22-6-5-21(15-22)29(30)32(39)36-23-11-7-19(8-12-23)18(2)35/h7-8,11-12,16-18,20-22,24,29-30H,4-6,9-10,13-15H2,1-3H3,(H,36,39)(H,37,38)/t18?,20?,21-,22+,24?,29+,30-/m1/s1. The molecule has 0 heterocycles. The number of halogens is 2. The highest BCUT2D eigenvalue weighted by molar-refractivity contribution is 14.1. The fourth-order valence-corrected chi connectivity index (χ4v) is 7.41. The van der Waals surface area contributed by atoms with E-state index in [1.54, 1.807) is 6.92 Å². The van der Waals surface area contributed by atoms with E-state index >= 15 is 4.39 Å². The van der Waals surface area contributed by atoms with Crippen LogP contribution < -0.4 is 20.1 Å². The number of amides is 2. The van der Waals surface area contributed by atoms with E-state index in [1.165, 1.54) is 24.8 Å². The van der Waals surface area contributed by atoms with Crippen LogP contribution in [0, 0.1) is 29.5 Å². The lowest BCUT2D eigenvalue weighted by Crippen LogP contribution is -2.48. The minimum absolute atomic E-state index is 0.0305. The molecule has 3 saturated carbocycles. The van der Waals surface area contributed by atoms with E-state index in [9.17, 15) is 14.4 Å². The number of nitrogens with one attached hydrogen (secondary N) is 2. The molecule has 3 fully saturated rings. The molecule has 5 atom stereocenters. The zero-order chi connectivity index (χ0) is 30.7. The average molecular weight is 707 g/mol. The summed E-state index contributed by atoms with van der Waals surface area (Å²) in [5.41, 5.74) is 2.08. The molecular weight excluding hydrogens is 666 g/mol. The van der Waals surface area contributed by atoms with E-state index in [1.807, 2.05) is 24.3 Å². The van der Waals surface area contributed by atoms with Crippen LogP contribution in [0.15, 0.2) is 36.4 Å². The molecule has 0 aliphatic heterocycles. The first-order valence-corrected chi connectivity index (χ1v) is 16.5. The Bertz CT molecular complexity index is 1330. The van der Waals surface area contributed by atoms with E-state index in [4.69, 9.17) is 14.2 Å². The van der Waals surface area contributed by atoms with E-state index in [0.717, 1.165) is 24.9 Å². The summed E-state index contributed by atoms with van der Waals surface area (Å²) in [5.74, 6) is -1.42. The number of ether oxygens (including phenoxy) is 3. The van der Waals surface area contributed by atoms with Gasteiger partial charge in [0, 0.05) is 21.7 Å². The summed E-state index contributed by atoms with van der Waals surface area (Å²) in [5, 5.41) is 6.18. The second-order valence-corrected chi connectivity index (χ2v) is 13.8. The lowest BCUT2D eigenvalue weighted by atomic mass is 9.83. The minimum atomic E-state index is -0.624. The highest BCUT2D eigenvalue weighted by atomic mass is 127. The number of esters is 1. The number of alkyl halides is 1. The molecule has 232 valence electrons. The Kier molecular flexibility index (Phi) is 10.1. The molecular formula is C33H40FIN2O6. The number of rotatable bonds is 10. The van der Waals surface area contributed by atoms with Crippen LogP contribution in [0.4, 0.5) is 10.1 Å². The molecule has 2 aromatic rings. The summed E-state index contributed by atoms with van der Waals surface area (Å²) < 4.78 is 31.9. The van der Waals surface area contributed by atoms with Crippen molar-refractivity contribution in [3.05, 3.63) is 53.3 Å². The molecule has 3 aliphatic carbocycles. The zero-order valence-corrected chi connectivity index (χ0v) is 27.0. The lowest BCUT2D eigenvalue weighted by molar-refractivity contribution is -0.149. The van der Waals surface area contributed by atoms with Gasteiger partial charge >= 0.3 is 5.97 Å². The van der Waals surface area contributed by atoms with Gasteiger partial charge in [-0.15, -0.1) is 0 Å². The first kappa shape index (κ1) is 31.5. The molecule has 2 N–H and O–H groups in total. The van der Waals surface area contributed by atoms with Crippen molar-refractivity contribution in [1.82, 2.24) is 5.32 Å². The second-order valence-electron chi connectivity index (χ2n) is 11.9. The summed E-state index contributed by atoms with van der Waals surface area (Å²) in [4.78, 5) is 39.3. The number of benzene rings is 2. The van der Waals surface area contributed by atoms with Gasteiger partial charge in [0.2, 0.25) is 5.91 Å². The Morgan fingerprint density at radius 2 is 1.70 bits per heavy atom. The summed E-state index contributed by atoms with van der Waals surface area (Å²) in [6, 6.07) is 10.1. The van der Waals surface area contributed by atoms with Crippen LogP contribution >= 0.6 is 22.6 Å². The Morgan fingerprint density at radius 1 is 1.00 bits per heavy atom. The van der Waals surface area contributed by atoms with Crippen LogP contribution in [0.3, 0.4) is 0 Å². The van der Waals surface area contributed by atoms with Crippen LogP contribution in [0.25, 0.3) is 0 Å². The quantitative estimate of drug-likeness (QED) is 0.164. The molecule has 2 aromatic carbocycles. The van der Waals surface area contributed by atoms with Crippen LogP contribution in [0.2, 0.25) is 0 Å². The smallest absolute Gasteiger partial charge is 0.308 e. The first-order chi connectivity index (χ1) is 20.7. The molecule has 3 aliphatic rings. The summed E-state index contributed by atoms with van der Waals surface area (Å²) >= 11 is 2.35. The fraction of sp³-hybridized carbons (Fsp3) is 0.545. The van der Waals surface area contributed by atoms with Crippen molar-refractivity contribution in [3.8, 4) is 11.5 Å². The molecule has 0 radical (unpaired) electrons. The number of methoxy groups -OCH3 is 1. The number of anilines is 1. The van der Waals surface area contributed by atoms with E-state index in [-0.39, 0.29) is 64.8 Å². The third-order valence-electron chi connectivity index (χ3n) is 9.24. The molecule has 0 saturated heterocycles. The summed E-state index contributed by atoms with van der Waals surface area (Å²) in [6.07, 6.45) is 4.88. The van der Waals surface area contributed by atoms with Crippen molar-refractivity contribution in [2.75, 3.05) is 19.0 Å². The molecule has 10 heteroatoms. The van der Waals surface area contributed by atoms with E-state index < -0.39 is 11.7 Å². The topological polar surface area (TPSA) is 103 Å². The molecule has 0 aromatic heterocycles. The second kappa shape index (κ2) is 13.8. The predicted molar refractivity (Wildman–Crippen MR) is 169 cm³/mol. The average Bonchev–Trinajstić information content (AvgIpc) is 3.61. The van der Waals surface area contributed by atoms with Crippen molar-refractivity contribution in [3.63, 3.8) is 0 Å². The van der Waals surface area contributed by atoms with Gasteiger partial charge in [-0.1, -0.05) is 34.7 Å². The Morgan fingerprint density at radius 3 is 2.35 bits per heavy atom. The lowest BCUT2D eigenvalue weighted by Gasteiger charge is -2.31. The SMILES string of the molecule is CCOC(=O)C1CCC(Oc2cc(C(=O)N[C@@H]3[C@H]4CC[C@H](C4)[C@@H]3C(=O)Nc3ccc(C(C)I)cc3)c(OC)cc2F)CC1. The first-order valence-electron chi connectivity index (χ1n) is 15.2. The van der Waals surface area contributed by atoms with Crippen molar-refractivity contribution >= 4 is 46.1 Å². The third kappa shape index (κ3) is 7.10. The summed E-state index contributed by atoms with van der Waals surface area (Å²) in [7, 11) is 1.39. The molecule has 2 amide bonds. The number of hydrogen-bond acceptors (Lipinski definition) is 6. The number of fused-ring (bicyclic) bond motifs is 2. The van der Waals surface area contributed by atoms with Gasteiger partial charge in [0.05, 0.1) is 37.2 Å². The molecule has 0 spiro atoms. The van der Waals surface area contributed by atoms with Gasteiger partial charge in [-0.3, -0.25) is 14.4 Å². The third-order valence-corrected chi connectivity index (χ3v) is 9.96. The molecule has 1 unspecified atom stereocenters.